The van der Waals surface area contributed by atoms with Crippen molar-refractivity contribution in [1.82, 2.24) is 4.90 Å². The molecule has 0 aliphatic carbocycles. The number of anilines is 1. The molecule has 1 N–H and O–H groups in total. The third kappa shape index (κ3) is 5.90. The molecule has 0 radical (unpaired) electrons. The van der Waals surface area contributed by atoms with Crippen molar-refractivity contribution in [3.63, 3.8) is 0 Å². The van der Waals surface area contributed by atoms with E-state index in [2.05, 4.69) is 43.9 Å². The summed E-state index contributed by atoms with van der Waals surface area (Å²) < 4.78 is 1.08. The summed E-state index contributed by atoms with van der Waals surface area (Å²) in [5.41, 5.74) is 1.18. The number of halogens is 2. The highest BCUT2D eigenvalue weighted by Gasteiger charge is 2.19. The molecule has 1 aliphatic heterocycles. The predicted octanol–water partition coefficient (Wildman–Crippen LogP) is 4.38. The number of aliphatic hydroxyl groups is 1. The lowest BCUT2D eigenvalue weighted by atomic mass is 10.2. The van der Waals surface area contributed by atoms with Gasteiger partial charge >= 0.3 is 0 Å². The topological polar surface area (TPSA) is 26.7 Å². The molecule has 6 heteroatoms. The van der Waals surface area contributed by atoms with E-state index in [-0.39, 0.29) is 6.10 Å². The van der Waals surface area contributed by atoms with Gasteiger partial charge in [0.25, 0.3) is 0 Å². The van der Waals surface area contributed by atoms with Crippen LogP contribution in [0.15, 0.2) is 57.9 Å². The van der Waals surface area contributed by atoms with Gasteiger partial charge in [0, 0.05) is 58.6 Å². The fraction of sp³-hybridized carbons (Fsp3) is 0.368. The highest BCUT2D eigenvalue weighted by molar-refractivity contribution is 9.10. The molecule has 1 aliphatic rings. The van der Waals surface area contributed by atoms with E-state index < -0.39 is 0 Å². The molecule has 134 valence electrons. The van der Waals surface area contributed by atoms with Crippen molar-refractivity contribution in [2.45, 2.75) is 11.0 Å². The van der Waals surface area contributed by atoms with Gasteiger partial charge in [0.2, 0.25) is 0 Å². The van der Waals surface area contributed by atoms with E-state index in [1.54, 1.807) is 11.8 Å². The summed E-state index contributed by atoms with van der Waals surface area (Å²) in [5, 5.41) is 11.1. The molecule has 3 nitrogen and oxygen atoms in total. The number of hydrogen-bond donors (Lipinski definition) is 1. The maximum Gasteiger partial charge on any atom is 0.0760 e. The Morgan fingerprint density at radius 1 is 1.08 bits per heavy atom. The Hall–Kier alpha value is -0.720. The molecular formula is C19H22BrClN2OS. The molecule has 1 heterocycles. The zero-order chi connectivity index (χ0) is 17.6. The lowest BCUT2D eigenvalue weighted by Crippen LogP contribution is -2.48. The first-order valence-corrected chi connectivity index (χ1v) is 10.5. The van der Waals surface area contributed by atoms with Crippen molar-refractivity contribution in [3.05, 3.63) is 58.0 Å². The number of β-amino-alcohol motifs (C(OH)–C–C–N with tert-alkyl or cyclic N) is 1. The van der Waals surface area contributed by atoms with Crippen LogP contribution in [0, 0.1) is 0 Å². The third-order valence-corrected chi connectivity index (χ3v) is 6.19. The Labute approximate surface area is 167 Å². The number of piperazine rings is 1. The smallest absolute Gasteiger partial charge is 0.0760 e. The van der Waals surface area contributed by atoms with E-state index in [9.17, 15) is 5.11 Å². The molecule has 25 heavy (non-hydrogen) atoms. The van der Waals surface area contributed by atoms with Crippen LogP contribution in [-0.2, 0) is 0 Å². The van der Waals surface area contributed by atoms with Crippen LogP contribution >= 0.6 is 39.3 Å². The largest absolute Gasteiger partial charge is 0.391 e. The molecule has 1 saturated heterocycles. The number of hydrogen-bond acceptors (Lipinski definition) is 4. The fourth-order valence-electron chi connectivity index (χ4n) is 2.94. The maximum absolute atomic E-state index is 10.3. The first-order chi connectivity index (χ1) is 12.1. The fourth-order valence-corrected chi connectivity index (χ4v) is 4.20. The number of thioether (sulfide) groups is 1. The van der Waals surface area contributed by atoms with Gasteiger partial charge in [-0.05, 0) is 42.5 Å². The van der Waals surface area contributed by atoms with Gasteiger partial charge in [-0.25, -0.2) is 0 Å². The van der Waals surface area contributed by atoms with E-state index in [0.717, 1.165) is 48.0 Å². The second kappa shape index (κ2) is 9.28. The van der Waals surface area contributed by atoms with Gasteiger partial charge in [-0.3, -0.25) is 4.90 Å². The zero-order valence-electron chi connectivity index (χ0n) is 13.9. The molecule has 0 saturated carbocycles. The second-order valence-corrected chi connectivity index (χ2v) is 8.63. The molecule has 0 bridgehead atoms. The number of rotatable bonds is 6. The Bertz CT molecular complexity index is 677. The van der Waals surface area contributed by atoms with Crippen LogP contribution in [0.2, 0.25) is 5.02 Å². The molecule has 2 aromatic rings. The Kier molecular flexibility index (Phi) is 7.08. The van der Waals surface area contributed by atoms with Crippen molar-refractivity contribution in [3.8, 4) is 0 Å². The van der Waals surface area contributed by atoms with Gasteiger partial charge in [-0.15, -0.1) is 11.8 Å². The van der Waals surface area contributed by atoms with Crippen LogP contribution in [0.4, 0.5) is 5.69 Å². The zero-order valence-corrected chi connectivity index (χ0v) is 17.1. The minimum atomic E-state index is -0.314. The van der Waals surface area contributed by atoms with Crippen LogP contribution in [-0.4, -0.2) is 54.6 Å². The molecule has 1 atom stereocenters. The summed E-state index contributed by atoms with van der Waals surface area (Å²) in [6, 6.07) is 16.2. The average molecular weight is 442 g/mol. The Morgan fingerprint density at radius 2 is 1.80 bits per heavy atom. The van der Waals surface area contributed by atoms with E-state index in [0.29, 0.717) is 0 Å². The Morgan fingerprint density at radius 3 is 2.48 bits per heavy atom. The van der Waals surface area contributed by atoms with Crippen LogP contribution in [0.3, 0.4) is 0 Å². The van der Waals surface area contributed by atoms with Gasteiger partial charge in [-0.1, -0.05) is 33.6 Å². The Balaban J connectivity index is 1.41. The molecular weight excluding hydrogens is 420 g/mol. The number of aliphatic hydroxyl groups excluding tert-OH is 1. The van der Waals surface area contributed by atoms with Gasteiger partial charge in [0.1, 0.15) is 0 Å². The van der Waals surface area contributed by atoms with E-state index in [4.69, 9.17) is 11.6 Å². The third-order valence-electron chi connectivity index (χ3n) is 4.27. The standard InChI is InChI=1S/C19H22BrClN2OS/c20-15-4-6-19(7-5-15)25-14-18(24)13-22-8-10-23(11-9-22)17-3-1-2-16(21)12-17/h1-7,12,18,24H,8-11,13-14H2. The van der Waals surface area contributed by atoms with Crippen molar-refractivity contribution in [2.24, 2.45) is 0 Å². The van der Waals surface area contributed by atoms with Crippen molar-refractivity contribution < 1.29 is 5.11 Å². The molecule has 0 aromatic heterocycles. The first kappa shape index (κ1) is 19.1. The SMILES string of the molecule is OC(CSc1ccc(Br)cc1)CN1CCN(c2cccc(Cl)c2)CC1. The monoisotopic (exact) mass is 440 g/mol. The normalized spacial score (nSPS) is 16.8. The van der Waals surface area contributed by atoms with E-state index >= 15 is 0 Å². The minimum Gasteiger partial charge on any atom is -0.391 e. The number of nitrogens with zero attached hydrogens (tertiary/aromatic N) is 2. The molecule has 0 spiro atoms. The number of benzene rings is 2. The summed E-state index contributed by atoms with van der Waals surface area (Å²) in [7, 11) is 0. The summed E-state index contributed by atoms with van der Waals surface area (Å²) in [5.74, 6) is 0.718. The highest BCUT2D eigenvalue weighted by atomic mass is 79.9. The molecule has 1 fully saturated rings. The average Bonchev–Trinajstić information content (AvgIpc) is 2.62. The molecule has 1 unspecified atom stereocenters. The van der Waals surface area contributed by atoms with Crippen molar-refractivity contribution in [2.75, 3.05) is 43.4 Å². The lowest BCUT2D eigenvalue weighted by Gasteiger charge is -2.37. The van der Waals surface area contributed by atoms with E-state index in [1.807, 2.05) is 30.3 Å². The minimum absolute atomic E-state index is 0.314. The molecule has 0 amide bonds. The van der Waals surface area contributed by atoms with E-state index in [1.165, 1.54) is 10.6 Å². The summed E-state index contributed by atoms with van der Waals surface area (Å²) in [6.07, 6.45) is -0.314. The van der Waals surface area contributed by atoms with Gasteiger partial charge in [0.15, 0.2) is 0 Å². The quantitative estimate of drug-likeness (QED) is 0.673. The van der Waals surface area contributed by atoms with Crippen molar-refractivity contribution >= 4 is 45.0 Å². The summed E-state index contributed by atoms with van der Waals surface area (Å²) in [6.45, 7) is 4.59. The van der Waals surface area contributed by atoms with Gasteiger partial charge in [-0.2, -0.15) is 0 Å². The summed E-state index contributed by atoms with van der Waals surface area (Å²) in [4.78, 5) is 5.88. The first-order valence-electron chi connectivity index (χ1n) is 8.39. The maximum atomic E-state index is 10.3. The molecule has 2 aromatic carbocycles. The van der Waals surface area contributed by atoms with Crippen LogP contribution in [0.1, 0.15) is 0 Å². The lowest BCUT2D eigenvalue weighted by molar-refractivity contribution is 0.126. The molecule has 3 rings (SSSR count). The van der Waals surface area contributed by atoms with Gasteiger partial charge in [0.05, 0.1) is 6.10 Å². The van der Waals surface area contributed by atoms with Crippen LogP contribution in [0.25, 0.3) is 0 Å². The van der Waals surface area contributed by atoms with Gasteiger partial charge < -0.3 is 10.0 Å². The predicted molar refractivity (Wildman–Crippen MR) is 111 cm³/mol. The van der Waals surface area contributed by atoms with Crippen LogP contribution in [0.5, 0.6) is 0 Å². The second-order valence-electron chi connectivity index (χ2n) is 6.19. The summed E-state index contributed by atoms with van der Waals surface area (Å²) >= 11 is 11.2. The van der Waals surface area contributed by atoms with Crippen LogP contribution < -0.4 is 4.90 Å². The highest BCUT2D eigenvalue weighted by Crippen LogP contribution is 2.23. The van der Waals surface area contributed by atoms with Crippen molar-refractivity contribution in [1.29, 1.82) is 0 Å².